The summed E-state index contributed by atoms with van der Waals surface area (Å²) in [5, 5.41) is 4.65. The first-order valence-corrected chi connectivity index (χ1v) is 9.44. The SMILES string of the molecule is C[NH+](Cc1ccc(F)cc1)Cn1nc(-c2ccccc2F)n(C2CC2)c1=S. The van der Waals surface area contributed by atoms with E-state index in [1.807, 2.05) is 17.7 Å². The minimum Gasteiger partial charge on any atom is -0.315 e. The molecule has 2 aromatic carbocycles. The monoisotopic (exact) mass is 387 g/mol. The second-order valence-electron chi connectivity index (χ2n) is 7.11. The molecule has 1 fully saturated rings. The van der Waals surface area contributed by atoms with Crippen molar-refractivity contribution in [2.24, 2.45) is 0 Å². The van der Waals surface area contributed by atoms with Gasteiger partial charge in [-0.05, 0) is 49.3 Å². The largest absolute Gasteiger partial charge is 0.315 e. The van der Waals surface area contributed by atoms with Crippen LogP contribution in [0.4, 0.5) is 8.78 Å². The van der Waals surface area contributed by atoms with E-state index < -0.39 is 0 Å². The molecule has 0 bridgehead atoms. The third-order valence-electron chi connectivity index (χ3n) is 4.74. The van der Waals surface area contributed by atoms with E-state index in [0.29, 0.717) is 35.4 Å². The van der Waals surface area contributed by atoms with Crippen LogP contribution < -0.4 is 4.90 Å². The molecule has 140 valence electrons. The quantitative estimate of drug-likeness (QED) is 0.657. The van der Waals surface area contributed by atoms with E-state index in [-0.39, 0.29) is 11.6 Å². The van der Waals surface area contributed by atoms with Crippen LogP contribution in [0.25, 0.3) is 11.4 Å². The Balaban J connectivity index is 1.62. The highest BCUT2D eigenvalue weighted by Crippen LogP contribution is 2.38. The summed E-state index contributed by atoms with van der Waals surface area (Å²) in [6, 6.07) is 13.5. The Morgan fingerprint density at radius 3 is 2.48 bits per heavy atom. The summed E-state index contributed by atoms with van der Waals surface area (Å²) in [6.45, 7) is 1.27. The summed E-state index contributed by atoms with van der Waals surface area (Å²) in [5.74, 6) is 0.0603. The van der Waals surface area contributed by atoms with Crippen molar-refractivity contribution < 1.29 is 13.7 Å². The number of hydrogen-bond donors (Lipinski definition) is 1. The van der Waals surface area contributed by atoms with Crippen molar-refractivity contribution in [2.45, 2.75) is 32.1 Å². The zero-order valence-electron chi connectivity index (χ0n) is 15.0. The third-order valence-corrected chi connectivity index (χ3v) is 5.14. The molecule has 1 unspecified atom stereocenters. The highest BCUT2D eigenvalue weighted by Gasteiger charge is 2.30. The standard InChI is InChI=1S/C20H20F2N4S/c1-24(12-14-6-8-15(21)9-7-14)13-25-20(27)26(16-10-11-16)19(23-25)17-4-2-3-5-18(17)22/h2-9,16H,10-13H2,1H3/p+1. The zero-order valence-corrected chi connectivity index (χ0v) is 15.8. The van der Waals surface area contributed by atoms with Crippen LogP contribution in [0.5, 0.6) is 0 Å². The van der Waals surface area contributed by atoms with Crippen molar-refractivity contribution in [2.75, 3.05) is 7.05 Å². The van der Waals surface area contributed by atoms with Gasteiger partial charge in [0.2, 0.25) is 4.77 Å². The van der Waals surface area contributed by atoms with Gasteiger partial charge in [-0.2, -0.15) is 4.68 Å². The van der Waals surface area contributed by atoms with Gasteiger partial charge in [-0.15, -0.1) is 5.10 Å². The first-order valence-electron chi connectivity index (χ1n) is 9.03. The van der Waals surface area contributed by atoms with Crippen molar-refractivity contribution in [3.63, 3.8) is 0 Å². The molecule has 4 nitrogen and oxygen atoms in total. The van der Waals surface area contributed by atoms with Gasteiger partial charge in [0, 0.05) is 11.6 Å². The summed E-state index contributed by atoms with van der Waals surface area (Å²) >= 11 is 5.65. The van der Waals surface area contributed by atoms with Gasteiger partial charge in [-0.3, -0.25) is 4.57 Å². The number of benzene rings is 2. The normalized spacial score (nSPS) is 15.1. The molecule has 1 heterocycles. The molecule has 1 aliphatic carbocycles. The lowest BCUT2D eigenvalue weighted by Gasteiger charge is -2.13. The van der Waals surface area contributed by atoms with E-state index in [2.05, 4.69) is 5.10 Å². The first-order chi connectivity index (χ1) is 13.0. The Bertz CT molecular complexity index is 1010. The molecule has 1 aliphatic rings. The summed E-state index contributed by atoms with van der Waals surface area (Å²) in [5.41, 5.74) is 1.52. The van der Waals surface area contributed by atoms with E-state index in [1.165, 1.54) is 18.2 Å². The smallest absolute Gasteiger partial charge is 0.203 e. The summed E-state index contributed by atoms with van der Waals surface area (Å²) in [7, 11) is 2.03. The number of nitrogens with zero attached hydrogens (tertiary/aromatic N) is 3. The number of halogens is 2. The van der Waals surface area contributed by atoms with Crippen molar-refractivity contribution in [1.29, 1.82) is 0 Å². The Morgan fingerprint density at radius 2 is 1.81 bits per heavy atom. The highest BCUT2D eigenvalue weighted by atomic mass is 32.1. The van der Waals surface area contributed by atoms with Gasteiger partial charge in [-0.1, -0.05) is 24.3 Å². The van der Waals surface area contributed by atoms with Gasteiger partial charge in [0.15, 0.2) is 12.5 Å². The van der Waals surface area contributed by atoms with Gasteiger partial charge in [0.1, 0.15) is 18.2 Å². The van der Waals surface area contributed by atoms with E-state index in [1.54, 1.807) is 28.9 Å². The van der Waals surface area contributed by atoms with Crippen molar-refractivity contribution in [3.8, 4) is 11.4 Å². The lowest BCUT2D eigenvalue weighted by atomic mass is 10.2. The lowest BCUT2D eigenvalue weighted by molar-refractivity contribution is -0.917. The third kappa shape index (κ3) is 3.84. The molecular formula is C20H21F2N4S+. The molecule has 0 spiro atoms. The van der Waals surface area contributed by atoms with Crippen molar-refractivity contribution >= 4 is 12.2 Å². The minimum absolute atomic E-state index is 0.240. The first kappa shape index (κ1) is 18.0. The van der Waals surface area contributed by atoms with Gasteiger partial charge < -0.3 is 4.90 Å². The van der Waals surface area contributed by atoms with Crippen LogP contribution >= 0.6 is 12.2 Å². The molecule has 4 rings (SSSR count). The number of rotatable bonds is 6. The maximum atomic E-state index is 14.3. The van der Waals surface area contributed by atoms with Crippen LogP contribution in [-0.4, -0.2) is 21.4 Å². The highest BCUT2D eigenvalue weighted by molar-refractivity contribution is 7.71. The fourth-order valence-corrected chi connectivity index (χ4v) is 3.61. The van der Waals surface area contributed by atoms with E-state index in [4.69, 9.17) is 12.2 Å². The summed E-state index contributed by atoms with van der Waals surface area (Å²) < 4.78 is 31.8. The number of hydrogen-bond acceptors (Lipinski definition) is 2. The predicted molar refractivity (Wildman–Crippen MR) is 102 cm³/mol. The average Bonchev–Trinajstić information content (AvgIpc) is 3.43. The van der Waals surface area contributed by atoms with Crippen molar-refractivity contribution in [3.05, 3.63) is 70.5 Å². The van der Waals surface area contributed by atoms with Crippen LogP contribution in [0.3, 0.4) is 0 Å². The number of aromatic nitrogens is 3. The molecule has 1 N–H and O–H groups in total. The minimum atomic E-state index is -0.293. The molecule has 0 saturated heterocycles. The zero-order chi connectivity index (χ0) is 19.0. The maximum Gasteiger partial charge on any atom is 0.203 e. The maximum absolute atomic E-state index is 14.3. The molecule has 27 heavy (non-hydrogen) atoms. The Morgan fingerprint density at radius 1 is 1.11 bits per heavy atom. The summed E-state index contributed by atoms with van der Waals surface area (Å²) in [4.78, 5) is 1.15. The van der Waals surface area contributed by atoms with Crippen molar-refractivity contribution in [1.82, 2.24) is 14.3 Å². The molecule has 1 atom stereocenters. The van der Waals surface area contributed by atoms with Gasteiger partial charge >= 0.3 is 0 Å². The Kier molecular flexibility index (Phi) is 4.88. The van der Waals surface area contributed by atoms with Gasteiger partial charge in [0.25, 0.3) is 0 Å². The average molecular weight is 387 g/mol. The fraction of sp³-hybridized carbons (Fsp3) is 0.300. The molecular weight excluding hydrogens is 366 g/mol. The lowest BCUT2D eigenvalue weighted by Crippen LogP contribution is -3.07. The van der Waals surface area contributed by atoms with Gasteiger partial charge in [0.05, 0.1) is 12.6 Å². The van der Waals surface area contributed by atoms with Crippen LogP contribution in [0, 0.1) is 16.4 Å². The summed E-state index contributed by atoms with van der Waals surface area (Å²) in [6.07, 6.45) is 2.08. The predicted octanol–water partition coefficient (Wildman–Crippen LogP) is 3.37. The Labute approximate surface area is 161 Å². The van der Waals surface area contributed by atoms with Crippen LogP contribution in [0.1, 0.15) is 24.4 Å². The van der Waals surface area contributed by atoms with Crippen LogP contribution in [0.15, 0.2) is 48.5 Å². The topological polar surface area (TPSA) is 27.2 Å². The molecule has 3 aromatic rings. The molecule has 0 radical (unpaired) electrons. The molecule has 7 heteroatoms. The molecule has 1 aromatic heterocycles. The molecule has 0 amide bonds. The van der Waals surface area contributed by atoms with Crippen LogP contribution in [-0.2, 0) is 13.2 Å². The van der Waals surface area contributed by atoms with E-state index in [9.17, 15) is 8.78 Å². The van der Waals surface area contributed by atoms with Gasteiger partial charge in [-0.25, -0.2) is 8.78 Å². The van der Waals surface area contributed by atoms with Crippen LogP contribution in [0.2, 0.25) is 0 Å². The molecule has 1 saturated carbocycles. The molecule has 0 aliphatic heterocycles. The number of nitrogens with one attached hydrogen (secondary N) is 1. The second kappa shape index (κ2) is 7.32. The van der Waals surface area contributed by atoms with E-state index >= 15 is 0 Å². The van der Waals surface area contributed by atoms with E-state index in [0.717, 1.165) is 23.3 Å². The second-order valence-corrected chi connectivity index (χ2v) is 7.47. The fourth-order valence-electron chi connectivity index (χ4n) is 3.27. The number of quaternary nitrogens is 1. The Hall–Kier alpha value is -2.38.